The summed E-state index contributed by atoms with van der Waals surface area (Å²) in [7, 11) is 1.11. The van der Waals surface area contributed by atoms with Crippen molar-refractivity contribution in [1.29, 1.82) is 0 Å². The first-order valence-electron chi connectivity index (χ1n) is 9.08. The van der Waals surface area contributed by atoms with Crippen LogP contribution in [-0.4, -0.2) is 54.1 Å². The number of carbonyl (C=O) groups is 4. The van der Waals surface area contributed by atoms with Crippen molar-refractivity contribution >= 4 is 23.8 Å². The first-order valence-corrected chi connectivity index (χ1v) is 9.08. The molecule has 5 N–H and O–H groups in total. The molecule has 0 aromatic heterocycles. The Morgan fingerprint density at radius 1 is 1.22 bits per heavy atom. The van der Waals surface area contributed by atoms with Gasteiger partial charge in [-0.15, -0.1) is 0 Å². The summed E-state index contributed by atoms with van der Waals surface area (Å²) in [6.07, 6.45) is 2.49. The lowest BCUT2D eigenvalue weighted by Gasteiger charge is -2.43. The van der Waals surface area contributed by atoms with E-state index in [9.17, 15) is 19.2 Å². The third-order valence-electron chi connectivity index (χ3n) is 6.27. The second-order valence-electron chi connectivity index (χ2n) is 8.53. The summed E-state index contributed by atoms with van der Waals surface area (Å²) in [4.78, 5) is 47.6. The van der Waals surface area contributed by atoms with Gasteiger partial charge in [-0.1, -0.05) is 20.8 Å². The summed E-state index contributed by atoms with van der Waals surface area (Å²) in [6, 6.07) is -3.10. The molecule has 152 valence electrons. The summed E-state index contributed by atoms with van der Waals surface area (Å²) >= 11 is 0. The molecular weight excluding hydrogens is 354 g/mol. The molecule has 2 rings (SSSR count). The fourth-order valence-electron chi connectivity index (χ4n) is 4.77. The Bertz CT molecular complexity index is 644. The van der Waals surface area contributed by atoms with E-state index in [1.807, 2.05) is 0 Å². The van der Waals surface area contributed by atoms with E-state index in [1.165, 1.54) is 0 Å². The van der Waals surface area contributed by atoms with Crippen LogP contribution in [0.25, 0.3) is 0 Å². The molecule has 9 heteroatoms. The lowest BCUT2D eigenvalue weighted by atomic mass is 9.68. The third-order valence-corrected chi connectivity index (χ3v) is 6.27. The zero-order valence-electron chi connectivity index (χ0n) is 16.2. The van der Waals surface area contributed by atoms with Gasteiger partial charge in [-0.2, -0.15) is 0 Å². The Hall–Kier alpha value is -2.16. The van der Waals surface area contributed by atoms with Crippen molar-refractivity contribution in [3.05, 3.63) is 0 Å². The van der Waals surface area contributed by atoms with Crippen LogP contribution < -0.4 is 16.4 Å². The number of hydrogen-bond donors (Lipinski definition) is 4. The second kappa shape index (κ2) is 7.46. The SMILES string of the molecule is COC(=O)C(NC(=O)C(N)CC(=O)O)C(=O)NC1C2(C)CCC(C2)C1(C)C. The van der Waals surface area contributed by atoms with Crippen molar-refractivity contribution in [3.8, 4) is 0 Å². The summed E-state index contributed by atoms with van der Waals surface area (Å²) < 4.78 is 4.63. The summed E-state index contributed by atoms with van der Waals surface area (Å²) in [6.45, 7) is 6.32. The van der Waals surface area contributed by atoms with E-state index in [1.54, 1.807) is 0 Å². The van der Waals surface area contributed by atoms with Crippen LogP contribution in [0.1, 0.15) is 46.5 Å². The van der Waals surface area contributed by atoms with Gasteiger partial charge in [-0.05, 0) is 36.0 Å². The normalized spacial score (nSPS) is 30.3. The fraction of sp³-hybridized carbons (Fsp3) is 0.778. The number of fused-ring (bicyclic) bond motifs is 2. The molecule has 2 saturated carbocycles. The summed E-state index contributed by atoms with van der Waals surface area (Å²) in [5.74, 6) is -3.28. The molecule has 0 spiro atoms. The summed E-state index contributed by atoms with van der Waals surface area (Å²) in [5, 5.41) is 13.9. The maximum atomic E-state index is 12.8. The van der Waals surface area contributed by atoms with Crippen LogP contribution >= 0.6 is 0 Å². The molecule has 2 bridgehead atoms. The van der Waals surface area contributed by atoms with E-state index in [-0.39, 0.29) is 16.9 Å². The average Bonchev–Trinajstić information content (AvgIpc) is 3.05. The van der Waals surface area contributed by atoms with E-state index < -0.39 is 42.3 Å². The first-order chi connectivity index (χ1) is 12.4. The van der Waals surface area contributed by atoms with Crippen molar-refractivity contribution in [1.82, 2.24) is 10.6 Å². The van der Waals surface area contributed by atoms with E-state index in [0.717, 1.165) is 26.4 Å². The van der Waals surface area contributed by atoms with Crippen LogP contribution in [0.5, 0.6) is 0 Å². The average molecular weight is 383 g/mol. The van der Waals surface area contributed by atoms with Gasteiger partial charge >= 0.3 is 11.9 Å². The lowest BCUT2D eigenvalue weighted by molar-refractivity contribution is -0.150. The molecule has 27 heavy (non-hydrogen) atoms. The minimum atomic E-state index is -1.58. The van der Waals surface area contributed by atoms with Crippen LogP contribution in [0.2, 0.25) is 0 Å². The number of amides is 2. The molecule has 2 aliphatic rings. The number of carbonyl (C=O) groups excluding carboxylic acids is 3. The molecule has 0 aliphatic heterocycles. The Kier molecular flexibility index (Phi) is 5.84. The molecule has 5 unspecified atom stereocenters. The van der Waals surface area contributed by atoms with E-state index in [4.69, 9.17) is 10.8 Å². The minimum absolute atomic E-state index is 0.0613. The second-order valence-corrected chi connectivity index (χ2v) is 8.53. The van der Waals surface area contributed by atoms with Gasteiger partial charge in [0.15, 0.2) is 0 Å². The van der Waals surface area contributed by atoms with Crippen LogP contribution in [0, 0.1) is 16.7 Å². The number of esters is 1. The molecule has 0 saturated heterocycles. The zero-order valence-corrected chi connectivity index (χ0v) is 16.2. The van der Waals surface area contributed by atoms with E-state index in [0.29, 0.717) is 5.92 Å². The molecule has 2 aliphatic carbocycles. The number of rotatable bonds is 7. The van der Waals surface area contributed by atoms with Crippen LogP contribution in [0.3, 0.4) is 0 Å². The van der Waals surface area contributed by atoms with Gasteiger partial charge in [0.1, 0.15) is 0 Å². The molecule has 2 fully saturated rings. The largest absolute Gasteiger partial charge is 0.481 e. The third kappa shape index (κ3) is 4.07. The number of carboxylic acids is 1. The maximum Gasteiger partial charge on any atom is 0.338 e. The molecule has 2 amide bonds. The van der Waals surface area contributed by atoms with E-state index >= 15 is 0 Å². The lowest BCUT2D eigenvalue weighted by Crippen LogP contribution is -2.60. The molecule has 0 heterocycles. The molecule has 0 aromatic carbocycles. The zero-order chi connectivity index (χ0) is 20.6. The highest BCUT2D eigenvalue weighted by atomic mass is 16.5. The number of ether oxygens (including phenoxy) is 1. The van der Waals surface area contributed by atoms with Crippen molar-refractivity contribution in [2.24, 2.45) is 22.5 Å². The smallest absolute Gasteiger partial charge is 0.338 e. The highest BCUT2D eigenvalue weighted by Crippen LogP contribution is 2.62. The predicted octanol–water partition coefficient (Wildman–Crippen LogP) is -0.223. The highest BCUT2D eigenvalue weighted by molar-refractivity contribution is 6.05. The van der Waals surface area contributed by atoms with Gasteiger partial charge in [0.05, 0.1) is 19.6 Å². The Morgan fingerprint density at radius 3 is 2.33 bits per heavy atom. The first kappa shape index (κ1) is 21.1. The van der Waals surface area contributed by atoms with Crippen molar-refractivity contribution < 1.29 is 29.0 Å². The van der Waals surface area contributed by atoms with Crippen molar-refractivity contribution in [2.75, 3.05) is 7.11 Å². The Balaban J connectivity index is 2.12. The van der Waals surface area contributed by atoms with Crippen LogP contribution in [0.4, 0.5) is 0 Å². The monoisotopic (exact) mass is 383 g/mol. The fourth-order valence-corrected chi connectivity index (χ4v) is 4.77. The number of methoxy groups -OCH3 is 1. The molecule has 9 nitrogen and oxygen atoms in total. The van der Waals surface area contributed by atoms with Crippen LogP contribution in [0.15, 0.2) is 0 Å². The quantitative estimate of drug-likeness (QED) is 0.351. The molecule has 0 aromatic rings. The topological polar surface area (TPSA) is 148 Å². The molecule has 0 radical (unpaired) electrons. The van der Waals surface area contributed by atoms with Gasteiger partial charge in [0.2, 0.25) is 11.9 Å². The van der Waals surface area contributed by atoms with Crippen molar-refractivity contribution in [2.45, 2.75) is 64.6 Å². The number of nitrogens with one attached hydrogen (secondary N) is 2. The number of carboxylic acid groups (broad SMARTS) is 1. The number of hydrogen-bond acceptors (Lipinski definition) is 6. The maximum absolute atomic E-state index is 12.8. The number of aliphatic carboxylic acids is 1. The van der Waals surface area contributed by atoms with E-state index in [2.05, 4.69) is 36.1 Å². The summed E-state index contributed by atoms with van der Waals surface area (Å²) in [5.41, 5.74) is 5.32. The van der Waals surface area contributed by atoms with Crippen molar-refractivity contribution in [3.63, 3.8) is 0 Å². The Morgan fingerprint density at radius 2 is 1.85 bits per heavy atom. The minimum Gasteiger partial charge on any atom is -0.481 e. The molecular formula is C18H29N3O6. The van der Waals surface area contributed by atoms with Gasteiger partial charge in [0, 0.05) is 6.04 Å². The van der Waals surface area contributed by atoms with Gasteiger partial charge in [-0.25, -0.2) is 4.79 Å². The highest BCUT2D eigenvalue weighted by Gasteiger charge is 2.60. The predicted molar refractivity (Wildman–Crippen MR) is 95.3 cm³/mol. The van der Waals surface area contributed by atoms with Gasteiger partial charge < -0.3 is 26.2 Å². The van der Waals surface area contributed by atoms with Gasteiger partial charge in [-0.3, -0.25) is 14.4 Å². The number of nitrogens with two attached hydrogens (primary N) is 1. The van der Waals surface area contributed by atoms with Gasteiger partial charge in [0.25, 0.3) is 5.91 Å². The molecule has 5 atom stereocenters. The Labute approximate surface area is 158 Å². The standard InChI is InChI=1S/C18H29N3O6/c1-17(2)9-5-6-18(3,8-9)16(17)21-14(25)12(15(26)27-4)20-13(24)10(19)7-11(22)23/h9-10,12,16H,5-8,19H2,1-4H3,(H,20,24)(H,21,25)(H,22,23). The van der Waals surface area contributed by atoms with Crippen LogP contribution in [-0.2, 0) is 23.9 Å².